The largest absolute Gasteiger partial charge is 0.361 e. The Bertz CT molecular complexity index is 1250. The number of aromatic nitrogens is 1. The number of piperidine rings is 1. The molecule has 5 rings (SSSR count). The molecular weight excluding hydrogens is 422 g/mol. The number of anilines is 1. The first kappa shape index (κ1) is 20.8. The second-order valence-electron chi connectivity index (χ2n) is 8.56. The van der Waals surface area contributed by atoms with E-state index in [4.69, 9.17) is 0 Å². The standard InChI is InChI=1S/C25H27N3O3S/c29-25(11-8-19-6-9-21(10-7-19)28-14-3-17-32(28,30)31)27-15-12-20(13-16-27)23-18-26-24-5-2-1-4-22(23)24/h1-2,4-11,18,20,26H,3,12-17H2/b11-8+. The van der Waals surface area contributed by atoms with Crippen LogP contribution in [0.2, 0.25) is 0 Å². The van der Waals surface area contributed by atoms with E-state index < -0.39 is 10.0 Å². The van der Waals surface area contributed by atoms with Crippen molar-refractivity contribution >= 4 is 38.6 Å². The van der Waals surface area contributed by atoms with Crippen LogP contribution in [0.4, 0.5) is 5.69 Å². The van der Waals surface area contributed by atoms with Crippen molar-refractivity contribution in [2.24, 2.45) is 0 Å². The van der Waals surface area contributed by atoms with Gasteiger partial charge in [0.1, 0.15) is 0 Å². The lowest BCUT2D eigenvalue weighted by Gasteiger charge is -2.31. The Morgan fingerprint density at radius 2 is 1.75 bits per heavy atom. The second-order valence-corrected chi connectivity index (χ2v) is 10.6. The smallest absolute Gasteiger partial charge is 0.246 e. The van der Waals surface area contributed by atoms with E-state index in [-0.39, 0.29) is 11.7 Å². The molecule has 0 atom stereocenters. The Kier molecular flexibility index (Phi) is 5.51. The van der Waals surface area contributed by atoms with Gasteiger partial charge in [0, 0.05) is 42.8 Å². The number of sulfonamides is 1. The molecular formula is C25H27N3O3S. The molecule has 6 nitrogen and oxygen atoms in total. The van der Waals surface area contributed by atoms with Crippen LogP contribution in [0.15, 0.2) is 60.8 Å². The van der Waals surface area contributed by atoms with Crippen LogP contribution in [0.25, 0.3) is 17.0 Å². The number of nitrogens with one attached hydrogen (secondary N) is 1. The summed E-state index contributed by atoms with van der Waals surface area (Å²) in [7, 11) is -3.17. The van der Waals surface area contributed by atoms with Gasteiger partial charge in [0.05, 0.1) is 11.4 Å². The molecule has 2 aliphatic rings. The molecule has 7 heteroatoms. The molecule has 2 aromatic carbocycles. The summed E-state index contributed by atoms with van der Waals surface area (Å²) in [4.78, 5) is 17.9. The van der Waals surface area contributed by atoms with Gasteiger partial charge in [0.15, 0.2) is 0 Å². The van der Waals surface area contributed by atoms with Crippen molar-refractivity contribution < 1.29 is 13.2 Å². The Morgan fingerprint density at radius 3 is 2.47 bits per heavy atom. The third-order valence-corrected chi connectivity index (χ3v) is 8.44. The molecule has 3 heterocycles. The molecule has 0 bridgehead atoms. The molecule has 1 N–H and O–H groups in total. The van der Waals surface area contributed by atoms with Gasteiger partial charge in [-0.1, -0.05) is 30.3 Å². The highest BCUT2D eigenvalue weighted by Crippen LogP contribution is 2.33. The molecule has 2 aliphatic heterocycles. The fraction of sp³-hybridized carbons (Fsp3) is 0.320. The fourth-order valence-electron chi connectivity index (χ4n) is 4.80. The van der Waals surface area contributed by atoms with E-state index in [2.05, 4.69) is 29.4 Å². The van der Waals surface area contributed by atoms with Gasteiger partial charge in [0.2, 0.25) is 15.9 Å². The van der Waals surface area contributed by atoms with Crippen molar-refractivity contribution in [3.8, 4) is 0 Å². The van der Waals surface area contributed by atoms with Gasteiger partial charge in [-0.15, -0.1) is 0 Å². The summed E-state index contributed by atoms with van der Waals surface area (Å²) in [6.45, 7) is 2.03. The molecule has 3 aromatic rings. The molecule has 1 amide bonds. The summed E-state index contributed by atoms with van der Waals surface area (Å²) < 4.78 is 25.6. The van der Waals surface area contributed by atoms with Crippen LogP contribution < -0.4 is 4.31 Å². The number of rotatable bonds is 4. The van der Waals surface area contributed by atoms with E-state index in [0.717, 1.165) is 37.0 Å². The first-order valence-electron chi connectivity index (χ1n) is 11.1. The molecule has 32 heavy (non-hydrogen) atoms. The van der Waals surface area contributed by atoms with Crippen molar-refractivity contribution in [2.45, 2.75) is 25.2 Å². The molecule has 0 saturated carbocycles. The summed E-state index contributed by atoms with van der Waals surface area (Å²) >= 11 is 0. The highest BCUT2D eigenvalue weighted by atomic mass is 32.2. The number of carbonyl (C=O) groups excluding carboxylic acids is 1. The zero-order chi connectivity index (χ0) is 22.1. The van der Waals surface area contributed by atoms with E-state index >= 15 is 0 Å². The van der Waals surface area contributed by atoms with Gasteiger partial charge in [-0.3, -0.25) is 9.10 Å². The zero-order valence-electron chi connectivity index (χ0n) is 17.9. The number of para-hydroxylation sites is 1. The Balaban J connectivity index is 1.19. The van der Waals surface area contributed by atoms with Crippen molar-refractivity contribution in [2.75, 3.05) is 29.7 Å². The van der Waals surface area contributed by atoms with Crippen LogP contribution >= 0.6 is 0 Å². The maximum Gasteiger partial charge on any atom is 0.246 e. The Labute approximate surface area is 188 Å². The topological polar surface area (TPSA) is 73.5 Å². The maximum atomic E-state index is 12.7. The van der Waals surface area contributed by atoms with E-state index in [9.17, 15) is 13.2 Å². The first-order valence-corrected chi connectivity index (χ1v) is 12.8. The van der Waals surface area contributed by atoms with Gasteiger partial charge < -0.3 is 9.88 Å². The second kappa shape index (κ2) is 8.47. The highest BCUT2D eigenvalue weighted by molar-refractivity contribution is 7.93. The van der Waals surface area contributed by atoms with Crippen LogP contribution in [0.5, 0.6) is 0 Å². The lowest BCUT2D eigenvalue weighted by molar-refractivity contribution is -0.126. The maximum absolute atomic E-state index is 12.7. The quantitative estimate of drug-likeness (QED) is 0.609. The third kappa shape index (κ3) is 4.05. The minimum absolute atomic E-state index is 0.0218. The normalized spacial score (nSPS) is 19.2. The van der Waals surface area contributed by atoms with Gasteiger partial charge in [-0.05, 0) is 60.6 Å². The minimum Gasteiger partial charge on any atom is -0.361 e. The van der Waals surface area contributed by atoms with Crippen molar-refractivity contribution in [3.63, 3.8) is 0 Å². The molecule has 0 unspecified atom stereocenters. The number of benzene rings is 2. The Hall–Kier alpha value is -3.06. The Morgan fingerprint density at radius 1 is 1.00 bits per heavy atom. The molecule has 2 saturated heterocycles. The molecule has 2 fully saturated rings. The number of nitrogens with zero attached hydrogens (tertiary/aromatic N) is 2. The van der Waals surface area contributed by atoms with Crippen LogP contribution in [0.1, 0.15) is 36.3 Å². The lowest BCUT2D eigenvalue weighted by Crippen LogP contribution is -2.36. The lowest BCUT2D eigenvalue weighted by atomic mass is 9.89. The minimum atomic E-state index is -3.17. The SMILES string of the molecule is O=C(/C=C/c1ccc(N2CCCS2(=O)=O)cc1)N1CCC(c2c[nH]c3ccccc23)CC1. The predicted octanol–water partition coefficient (Wildman–Crippen LogP) is 4.13. The van der Waals surface area contributed by atoms with Gasteiger partial charge >= 0.3 is 0 Å². The monoisotopic (exact) mass is 449 g/mol. The number of aromatic amines is 1. The van der Waals surface area contributed by atoms with E-state index in [1.54, 1.807) is 24.3 Å². The molecule has 166 valence electrons. The van der Waals surface area contributed by atoms with Crippen molar-refractivity contribution in [3.05, 3.63) is 71.9 Å². The fourth-order valence-corrected chi connectivity index (χ4v) is 6.36. The predicted molar refractivity (Wildman–Crippen MR) is 128 cm³/mol. The average molecular weight is 450 g/mol. The van der Waals surface area contributed by atoms with Crippen LogP contribution in [-0.4, -0.2) is 49.6 Å². The summed E-state index contributed by atoms with van der Waals surface area (Å²) in [5, 5.41) is 1.28. The van der Waals surface area contributed by atoms with Gasteiger partial charge in [-0.2, -0.15) is 0 Å². The molecule has 0 spiro atoms. The molecule has 0 aliphatic carbocycles. The summed E-state index contributed by atoms with van der Waals surface area (Å²) in [5.41, 5.74) is 4.08. The molecule has 0 radical (unpaired) electrons. The summed E-state index contributed by atoms with van der Waals surface area (Å²) in [6, 6.07) is 15.7. The highest BCUT2D eigenvalue weighted by Gasteiger charge is 2.28. The average Bonchev–Trinajstić information content (AvgIpc) is 3.40. The molecule has 1 aromatic heterocycles. The number of hydrogen-bond acceptors (Lipinski definition) is 3. The van der Waals surface area contributed by atoms with Crippen molar-refractivity contribution in [1.29, 1.82) is 0 Å². The van der Waals surface area contributed by atoms with Crippen LogP contribution in [0, 0.1) is 0 Å². The number of likely N-dealkylation sites (tertiary alicyclic amines) is 1. The number of hydrogen-bond donors (Lipinski definition) is 1. The van der Waals surface area contributed by atoms with E-state index in [1.807, 2.05) is 23.1 Å². The first-order chi connectivity index (χ1) is 15.5. The number of amides is 1. The van der Waals surface area contributed by atoms with E-state index in [0.29, 0.717) is 24.6 Å². The number of fused-ring (bicyclic) bond motifs is 1. The van der Waals surface area contributed by atoms with Crippen LogP contribution in [-0.2, 0) is 14.8 Å². The third-order valence-electron chi connectivity index (χ3n) is 6.57. The summed E-state index contributed by atoms with van der Waals surface area (Å²) in [6.07, 6.45) is 8.12. The number of carbonyl (C=O) groups is 1. The van der Waals surface area contributed by atoms with Gasteiger partial charge in [0.25, 0.3) is 0 Å². The van der Waals surface area contributed by atoms with Gasteiger partial charge in [-0.25, -0.2) is 8.42 Å². The zero-order valence-corrected chi connectivity index (χ0v) is 18.7. The van der Waals surface area contributed by atoms with Crippen molar-refractivity contribution in [1.82, 2.24) is 9.88 Å². The number of H-pyrrole nitrogens is 1. The van der Waals surface area contributed by atoms with Crippen LogP contribution in [0.3, 0.4) is 0 Å². The van der Waals surface area contributed by atoms with E-state index in [1.165, 1.54) is 15.3 Å². The summed E-state index contributed by atoms with van der Waals surface area (Å²) in [5.74, 6) is 0.697.